The zero-order valence-electron chi connectivity index (χ0n) is 17.9. The Hall–Kier alpha value is -2.91. The van der Waals surface area contributed by atoms with Gasteiger partial charge in [-0.15, -0.1) is 0 Å². The van der Waals surface area contributed by atoms with E-state index in [9.17, 15) is 0 Å². The summed E-state index contributed by atoms with van der Waals surface area (Å²) in [5.74, 6) is 1.74. The third-order valence-corrected chi connectivity index (χ3v) is 4.75. The predicted molar refractivity (Wildman–Crippen MR) is 119 cm³/mol. The molecule has 3 aromatic rings. The molecule has 0 unspecified atom stereocenters. The van der Waals surface area contributed by atoms with Crippen LogP contribution in [-0.2, 0) is 17.8 Å². The molecule has 0 aliphatic heterocycles. The third-order valence-electron chi connectivity index (χ3n) is 4.75. The number of ether oxygens (including phenoxy) is 2. The molecule has 9 nitrogen and oxygen atoms in total. The molecule has 0 saturated heterocycles. The third kappa shape index (κ3) is 5.58. The van der Waals surface area contributed by atoms with Gasteiger partial charge in [0.05, 0.1) is 26.5 Å². The van der Waals surface area contributed by atoms with Crippen LogP contribution in [-0.4, -0.2) is 53.7 Å². The highest BCUT2D eigenvalue weighted by molar-refractivity contribution is 5.85. The zero-order chi connectivity index (χ0) is 21.3. The number of methoxy groups -OCH3 is 2. The number of hydrogen-bond donors (Lipinski definition) is 3. The Morgan fingerprint density at radius 2 is 2.03 bits per heavy atom. The number of nitrogens with zero attached hydrogens (tertiary/aromatic N) is 4. The number of nitrogen functional groups attached to an aromatic ring is 1. The largest absolute Gasteiger partial charge is 0.496 e. The van der Waals surface area contributed by atoms with Gasteiger partial charge in [0.25, 0.3) is 0 Å². The summed E-state index contributed by atoms with van der Waals surface area (Å²) >= 11 is 0. The van der Waals surface area contributed by atoms with E-state index in [0.29, 0.717) is 19.0 Å². The van der Waals surface area contributed by atoms with Crippen LogP contribution in [0.5, 0.6) is 5.75 Å². The quantitative estimate of drug-likeness (QED) is 0.388. The molecule has 0 atom stereocenters. The lowest BCUT2D eigenvalue weighted by molar-refractivity contribution is 0.199. The van der Waals surface area contributed by atoms with Gasteiger partial charge in [0, 0.05) is 32.3 Å². The minimum Gasteiger partial charge on any atom is -0.496 e. The van der Waals surface area contributed by atoms with E-state index in [1.165, 1.54) is 0 Å². The maximum atomic E-state index is 5.88. The Morgan fingerprint density at radius 3 is 2.80 bits per heavy atom. The number of hydrogen-bond acceptors (Lipinski definition) is 8. The molecule has 2 heterocycles. The fraction of sp³-hybridized carbons (Fsp3) is 0.476. The van der Waals surface area contributed by atoms with Gasteiger partial charge in [-0.3, -0.25) is 4.68 Å². The van der Waals surface area contributed by atoms with E-state index in [2.05, 4.69) is 44.8 Å². The highest BCUT2D eigenvalue weighted by Gasteiger charge is 2.13. The molecule has 0 saturated carbocycles. The van der Waals surface area contributed by atoms with Crippen molar-refractivity contribution >= 4 is 22.8 Å². The molecule has 9 heteroatoms. The van der Waals surface area contributed by atoms with Crippen molar-refractivity contribution < 1.29 is 9.47 Å². The van der Waals surface area contributed by atoms with Crippen molar-refractivity contribution in [1.82, 2.24) is 25.1 Å². The molecule has 4 N–H and O–H groups in total. The van der Waals surface area contributed by atoms with E-state index in [4.69, 9.17) is 15.2 Å². The monoisotopic (exact) mass is 413 g/mol. The summed E-state index contributed by atoms with van der Waals surface area (Å²) in [4.78, 5) is 8.65. The van der Waals surface area contributed by atoms with Gasteiger partial charge >= 0.3 is 0 Å². The molecule has 0 spiro atoms. The van der Waals surface area contributed by atoms with Crippen molar-refractivity contribution in [3.63, 3.8) is 0 Å². The SMILES string of the molecule is CCCCNc1nc(N)nc2cn(Cc3ccc(CNCCOC)cc3OC)nc12. The maximum absolute atomic E-state index is 5.88. The minimum absolute atomic E-state index is 0.240. The lowest BCUT2D eigenvalue weighted by atomic mass is 10.1. The average Bonchev–Trinajstić information content (AvgIpc) is 3.14. The molecule has 0 aliphatic carbocycles. The molecule has 0 amide bonds. The summed E-state index contributed by atoms with van der Waals surface area (Å²) in [5, 5.41) is 11.3. The Labute approximate surface area is 177 Å². The molecule has 0 bridgehead atoms. The summed E-state index contributed by atoms with van der Waals surface area (Å²) in [6.07, 6.45) is 4.04. The number of aromatic nitrogens is 4. The van der Waals surface area contributed by atoms with Crippen LogP contribution >= 0.6 is 0 Å². The highest BCUT2D eigenvalue weighted by atomic mass is 16.5. The summed E-state index contributed by atoms with van der Waals surface area (Å²) in [6, 6.07) is 6.21. The van der Waals surface area contributed by atoms with Crippen LogP contribution in [0, 0.1) is 0 Å². The van der Waals surface area contributed by atoms with Gasteiger partial charge in [-0.2, -0.15) is 10.1 Å². The van der Waals surface area contributed by atoms with Crippen molar-refractivity contribution in [2.45, 2.75) is 32.9 Å². The first-order valence-electron chi connectivity index (χ1n) is 10.2. The zero-order valence-corrected chi connectivity index (χ0v) is 17.9. The van der Waals surface area contributed by atoms with Gasteiger partial charge in [-0.25, -0.2) is 4.98 Å². The van der Waals surface area contributed by atoms with Gasteiger partial charge in [0.15, 0.2) is 11.3 Å². The Kier molecular flexibility index (Phi) is 7.81. The average molecular weight is 414 g/mol. The molecule has 0 aliphatic rings. The lowest BCUT2D eigenvalue weighted by Gasteiger charge is -2.11. The fourth-order valence-electron chi connectivity index (χ4n) is 3.18. The Morgan fingerprint density at radius 1 is 1.17 bits per heavy atom. The van der Waals surface area contributed by atoms with E-state index >= 15 is 0 Å². The minimum atomic E-state index is 0.240. The topological polar surface area (TPSA) is 112 Å². The van der Waals surface area contributed by atoms with Crippen molar-refractivity contribution in [1.29, 1.82) is 0 Å². The van der Waals surface area contributed by atoms with Gasteiger partial charge < -0.3 is 25.8 Å². The molecule has 1 aromatic carbocycles. The first-order valence-corrected chi connectivity index (χ1v) is 10.2. The Bertz CT molecular complexity index is 958. The summed E-state index contributed by atoms with van der Waals surface area (Å²) in [6.45, 7) is 5.78. The first kappa shape index (κ1) is 21.8. The highest BCUT2D eigenvalue weighted by Crippen LogP contribution is 2.24. The van der Waals surface area contributed by atoms with Crippen molar-refractivity contribution in [2.24, 2.45) is 0 Å². The lowest BCUT2D eigenvalue weighted by Crippen LogP contribution is -2.18. The number of rotatable bonds is 12. The van der Waals surface area contributed by atoms with Crippen LogP contribution in [0.15, 0.2) is 24.4 Å². The molecule has 0 radical (unpaired) electrons. The molecule has 3 rings (SSSR count). The van der Waals surface area contributed by atoms with Crippen LogP contribution in [0.1, 0.15) is 30.9 Å². The van der Waals surface area contributed by atoms with Gasteiger partial charge in [-0.05, 0) is 18.1 Å². The molecule has 162 valence electrons. The van der Waals surface area contributed by atoms with Crippen LogP contribution in [0.2, 0.25) is 0 Å². The molecule has 0 fully saturated rings. The second kappa shape index (κ2) is 10.7. The van der Waals surface area contributed by atoms with Crippen LogP contribution in [0.25, 0.3) is 11.0 Å². The fourth-order valence-corrected chi connectivity index (χ4v) is 3.18. The molecule has 30 heavy (non-hydrogen) atoms. The first-order chi connectivity index (χ1) is 14.6. The van der Waals surface area contributed by atoms with Crippen LogP contribution < -0.4 is 21.1 Å². The summed E-state index contributed by atoms with van der Waals surface area (Å²) < 4.78 is 12.5. The number of nitrogens with one attached hydrogen (secondary N) is 2. The molecular formula is C21H31N7O2. The number of benzene rings is 1. The van der Waals surface area contributed by atoms with E-state index in [1.807, 2.05) is 16.9 Å². The second-order valence-corrected chi connectivity index (χ2v) is 7.09. The Balaban J connectivity index is 1.77. The van der Waals surface area contributed by atoms with Crippen molar-refractivity contribution in [2.75, 3.05) is 45.0 Å². The predicted octanol–water partition coefficient (Wildman–Crippen LogP) is 2.41. The standard InChI is InChI=1S/C21H31N7O2/c1-4-5-8-24-20-19-17(25-21(22)26-20)14-28(27-19)13-16-7-6-15(11-18(16)30-3)12-23-9-10-29-2/h6-7,11,14,23H,4-5,8-10,12-13H2,1-3H3,(H3,22,24,25,26). The van der Waals surface area contributed by atoms with Crippen LogP contribution in [0.3, 0.4) is 0 Å². The summed E-state index contributed by atoms with van der Waals surface area (Å²) in [7, 11) is 3.38. The molecule has 2 aromatic heterocycles. The smallest absolute Gasteiger partial charge is 0.222 e. The van der Waals surface area contributed by atoms with E-state index in [1.54, 1.807) is 14.2 Å². The van der Waals surface area contributed by atoms with Gasteiger partial charge in [0.1, 0.15) is 11.3 Å². The van der Waals surface area contributed by atoms with Gasteiger partial charge in [-0.1, -0.05) is 25.5 Å². The van der Waals surface area contributed by atoms with E-state index in [0.717, 1.165) is 60.4 Å². The number of unbranched alkanes of at least 4 members (excludes halogenated alkanes) is 1. The van der Waals surface area contributed by atoms with Crippen molar-refractivity contribution in [3.8, 4) is 5.75 Å². The van der Waals surface area contributed by atoms with Crippen LogP contribution in [0.4, 0.5) is 11.8 Å². The van der Waals surface area contributed by atoms with E-state index < -0.39 is 0 Å². The number of nitrogens with two attached hydrogens (primary N) is 1. The maximum Gasteiger partial charge on any atom is 0.222 e. The number of anilines is 2. The van der Waals surface area contributed by atoms with Gasteiger partial charge in [0.2, 0.25) is 5.95 Å². The van der Waals surface area contributed by atoms with Crippen molar-refractivity contribution in [3.05, 3.63) is 35.5 Å². The number of fused-ring (bicyclic) bond motifs is 1. The molecular weight excluding hydrogens is 382 g/mol. The van der Waals surface area contributed by atoms with E-state index in [-0.39, 0.29) is 5.95 Å². The normalized spacial score (nSPS) is 11.2. The summed E-state index contributed by atoms with van der Waals surface area (Å²) in [5.41, 5.74) is 9.51. The second-order valence-electron chi connectivity index (χ2n) is 7.09.